The van der Waals surface area contributed by atoms with Gasteiger partial charge in [-0.05, 0) is 50.3 Å². The summed E-state index contributed by atoms with van der Waals surface area (Å²) in [7, 11) is 1.75. The minimum atomic E-state index is 0.0340. The fourth-order valence-electron chi connectivity index (χ4n) is 3.94. The van der Waals surface area contributed by atoms with Crippen LogP contribution in [-0.2, 0) is 0 Å². The fraction of sp³-hybridized carbons (Fsp3) is 0.684. The van der Waals surface area contributed by atoms with Crippen molar-refractivity contribution in [2.24, 2.45) is 5.92 Å². The largest absolute Gasteiger partial charge is 0.496 e. The molecule has 1 saturated carbocycles. The third-order valence-electron chi connectivity index (χ3n) is 5.03. The molecule has 2 aliphatic rings. The zero-order chi connectivity index (χ0) is 15.6. The maximum Gasteiger partial charge on any atom is 0.128 e. The van der Waals surface area contributed by atoms with Crippen LogP contribution in [0.5, 0.6) is 11.5 Å². The first-order chi connectivity index (χ1) is 10.6. The quantitative estimate of drug-likeness (QED) is 0.890. The lowest BCUT2D eigenvalue weighted by atomic mass is 9.77. The third-order valence-corrected chi connectivity index (χ3v) is 5.03. The summed E-state index contributed by atoms with van der Waals surface area (Å²) in [6.07, 6.45) is 7.35. The van der Waals surface area contributed by atoms with E-state index in [1.807, 2.05) is 12.1 Å². The van der Waals surface area contributed by atoms with E-state index in [0.717, 1.165) is 24.5 Å². The molecule has 1 spiro atoms. The van der Waals surface area contributed by atoms with Gasteiger partial charge in [0.05, 0.1) is 12.7 Å². The Morgan fingerprint density at radius 1 is 1.27 bits per heavy atom. The Hall–Kier alpha value is -1.22. The maximum absolute atomic E-state index is 6.52. The summed E-state index contributed by atoms with van der Waals surface area (Å²) in [6, 6.07) is 6.53. The highest BCUT2D eigenvalue weighted by atomic mass is 16.5. The van der Waals surface area contributed by atoms with E-state index in [4.69, 9.17) is 9.47 Å². The molecule has 3 rings (SSSR count). The highest BCUT2D eigenvalue weighted by Crippen LogP contribution is 2.48. The molecule has 1 aromatic carbocycles. The van der Waals surface area contributed by atoms with E-state index in [9.17, 15) is 0 Å². The summed E-state index contributed by atoms with van der Waals surface area (Å²) in [4.78, 5) is 0. The summed E-state index contributed by atoms with van der Waals surface area (Å²) in [5.41, 5.74) is 1.24. The van der Waals surface area contributed by atoms with Crippen molar-refractivity contribution in [1.29, 1.82) is 0 Å². The van der Waals surface area contributed by atoms with Crippen LogP contribution < -0.4 is 14.8 Å². The number of nitrogens with one attached hydrogen (secondary N) is 1. The molecule has 22 heavy (non-hydrogen) atoms. The van der Waals surface area contributed by atoms with Gasteiger partial charge in [0.1, 0.15) is 17.1 Å². The molecule has 0 amide bonds. The molecule has 1 fully saturated rings. The van der Waals surface area contributed by atoms with Crippen LogP contribution in [0.25, 0.3) is 0 Å². The second kappa shape index (κ2) is 6.49. The lowest BCUT2D eigenvalue weighted by Crippen LogP contribution is -2.46. The molecule has 1 heterocycles. The molecule has 3 nitrogen and oxygen atoms in total. The monoisotopic (exact) mass is 303 g/mol. The van der Waals surface area contributed by atoms with Gasteiger partial charge >= 0.3 is 0 Å². The highest BCUT2D eigenvalue weighted by Gasteiger charge is 2.42. The van der Waals surface area contributed by atoms with Gasteiger partial charge in [-0.2, -0.15) is 0 Å². The van der Waals surface area contributed by atoms with Gasteiger partial charge < -0.3 is 14.8 Å². The van der Waals surface area contributed by atoms with E-state index in [2.05, 4.69) is 25.2 Å². The lowest BCUT2D eigenvalue weighted by molar-refractivity contribution is -0.00366. The van der Waals surface area contributed by atoms with Crippen LogP contribution in [-0.4, -0.2) is 19.3 Å². The highest BCUT2D eigenvalue weighted by molar-refractivity contribution is 5.49. The molecule has 3 heteroatoms. The van der Waals surface area contributed by atoms with Crippen LogP contribution in [0.1, 0.15) is 64.0 Å². The van der Waals surface area contributed by atoms with Crippen molar-refractivity contribution in [2.45, 2.75) is 64.0 Å². The van der Waals surface area contributed by atoms with Crippen molar-refractivity contribution in [1.82, 2.24) is 5.32 Å². The molecule has 0 bridgehead atoms. The smallest absolute Gasteiger partial charge is 0.128 e. The molecule has 0 aromatic heterocycles. The number of ether oxygens (including phenoxy) is 2. The Labute approximate surface area is 134 Å². The second-order valence-electron chi connectivity index (χ2n) is 7.28. The second-order valence-corrected chi connectivity index (χ2v) is 7.28. The summed E-state index contributed by atoms with van der Waals surface area (Å²) in [5, 5.41) is 3.76. The summed E-state index contributed by atoms with van der Waals surface area (Å²) in [6.45, 7) is 5.54. The number of fused-ring (bicyclic) bond motifs is 1. The number of rotatable bonds is 4. The van der Waals surface area contributed by atoms with Gasteiger partial charge in [0.15, 0.2) is 0 Å². The normalized spacial score (nSPS) is 23.2. The van der Waals surface area contributed by atoms with Crippen LogP contribution in [0.15, 0.2) is 18.2 Å². The SMILES string of the molecule is COc1cccc2c1C(NCC(C)C)CC1(CCCCC1)O2. The third kappa shape index (κ3) is 3.10. The predicted molar refractivity (Wildman–Crippen MR) is 89.6 cm³/mol. The molecular weight excluding hydrogens is 274 g/mol. The molecule has 122 valence electrons. The molecule has 1 N–H and O–H groups in total. The summed E-state index contributed by atoms with van der Waals surface area (Å²) >= 11 is 0. The summed E-state index contributed by atoms with van der Waals surface area (Å²) < 4.78 is 12.1. The van der Waals surface area contributed by atoms with E-state index < -0.39 is 0 Å². The average Bonchev–Trinajstić information content (AvgIpc) is 2.52. The minimum Gasteiger partial charge on any atom is -0.496 e. The van der Waals surface area contributed by atoms with Crippen LogP contribution >= 0.6 is 0 Å². The topological polar surface area (TPSA) is 30.5 Å². The van der Waals surface area contributed by atoms with Crippen LogP contribution in [0, 0.1) is 5.92 Å². The Kier molecular flexibility index (Phi) is 4.62. The van der Waals surface area contributed by atoms with Gasteiger partial charge in [-0.15, -0.1) is 0 Å². The molecule has 1 unspecified atom stereocenters. The molecular formula is C19H29NO2. The predicted octanol–water partition coefficient (Wildman–Crippen LogP) is 4.47. The van der Waals surface area contributed by atoms with Crippen LogP contribution in [0.3, 0.4) is 0 Å². The summed E-state index contributed by atoms with van der Waals surface area (Å²) in [5.74, 6) is 2.61. The first-order valence-electron chi connectivity index (χ1n) is 8.73. The zero-order valence-corrected chi connectivity index (χ0v) is 14.2. The van der Waals surface area contributed by atoms with Gasteiger partial charge in [0, 0.05) is 12.5 Å². The average molecular weight is 303 g/mol. The first-order valence-corrected chi connectivity index (χ1v) is 8.73. The Balaban J connectivity index is 1.92. The molecule has 1 aliphatic heterocycles. The van der Waals surface area contributed by atoms with E-state index >= 15 is 0 Å². The molecule has 1 atom stereocenters. The van der Waals surface area contributed by atoms with Crippen LogP contribution in [0.2, 0.25) is 0 Å². The maximum atomic E-state index is 6.52. The van der Waals surface area contributed by atoms with E-state index in [1.54, 1.807) is 7.11 Å². The molecule has 0 radical (unpaired) electrons. The van der Waals surface area contributed by atoms with E-state index in [-0.39, 0.29) is 5.60 Å². The van der Waals surface area contributed by atoms with Gasteiger partial charge in [-0.25, -0.2) is 0 Å². The minimum absolute atomic E-state index is 0.0340. The van der Waals surface area contributed by atoms with Gasteiger partial charge in [0.2, 0.25) is 0 Å². The van der Waals surface area contributed by atoms with Crippen LogP contribution in [0.4, 0.5) is 0 Å². The van der Waals surface area contributed by atoms with E-state index in [0.29, 0.717) is 12.0 Å². The van der Waals surface area contributed by atoms with Crippen molar-refractivity contribution in [3.8, 4) is 11.5 Å². The number of hydrogen-bond acceptors (Lipinski definition) is 3. The van der Waals surface area contributed by atoms with Gasteiger partial charge in [-0.1, -0.05) is 26.3 Å². The fourth-order valence-corrected chi connectivity index (χ4v) is 3.94. The molecule has 0 saturated heterocycles. The van der Waals surface area contributed by atoms with Crippen molar-refractivity contribution < 1.29 is 9.47 Å². The van der Waals surface area contributed by atoms with Crippen molar-refractivity contribution in [3.63, 3.8) is 0 Å². The van der Waals surface area contributed by atoms with Crippen molar-refractivity contribution >= 4 is 0 Å². The van der Waals surface area contributed by atoms with Crippen molar-refractivity contribution in [3.05, 3.63) is 23.8 Å². The van der Waals surface area contributed by atoms with Gasteiger partial charge in [0.25, 0.3) is 0 Å². The standard InChI is InChI=1S/C19H29NO2/c1-14(2)13-20-15-12-19(10-5-4-6-11-19)22-17-9-7-8-16(21-3)18(15)17/h7-9,14-15,20H,4-6,10-13H2,1-3H3. The first kappa shape index (κ1) is 15.7. The molecule has 1 aliphatic carbocycles. The van der Waals surface area contributed by atoms with Gasteiger partial charge in [-0.3, -0.25) is 0 Å². The van der Waals surface area contributed by atoms with E-state index in [1.165, 1.54) is 37.7 Å². The number of hydrogen-bond donors (Lipinski definition) is 1. The lowest BCUT2D eigenvalue weighted by Gasteiger charge is -2.45. The molecule has 1 aromatic rings. The zero-order valence-electron chi connectivity index (χ0n) is 14.2. The number of benzene rings is 1. The number of methoxy groups -OCH3 is 1. The Morgan fingerprint density at radius 2 is 2.05 bits per heavy atom. The Bertz CT molecular complexity index is 506. The Morgan fingerprint density at radius 3 is 2.73 bits per heavy atom. The van der Waals surface area contributed by atoms with Crippen molar-refractivity contribution in [2.75, 3.05) is 13.7 Å².